The molecule has 0 amide bonds. The number of anilines is 4. The van der Waals surface area contributed by atoms with Crippen molar-refractivity contribution < 1.29 is 8.42 Å². The highest BCUT2D eigenvalue weighted by molar-refractivity contribution is 7.93. The summed E-state index contributed by atoms with van der Waals surface area (Å²) in [6, 6.07) is 15.5. The third-order valence-corrected chi connectivity index (χ3v) is 9.05. The summed E-state index contributed by atoms with van der Waals surface area (Å²) < 4.78 is 29.5. The van der Waals surface area contributed by atoms with E-state index in [1.54, 1.807) is 18.3 Å². The number of aromatic nitrogens is 3. The van der Waals surface area contributed by atoms with E-state index in [0.717, 1.165) is 42.9 Å². The minimum Gasteiger partial charge on any atom is -0.369 e. The second-order valence-electron chi connectivity index (χ2n) is 9.63. The number of hydrogen-bond acceptors (Lipinski definition) is 7. The maximum atomic E-state index is 12.5. The van der Waals surface area contributed by atoms with Crippen molar-refractivity contribution in [1.29, 1.82) is 0 Å². The predicted octanol–water partition coefficient (Wildman–Crippen LogP) is 4.47. The van der Waals surface area contributed by atoms with Crippen LogP contribution in [0, 0.1) is 0 Å². The molecule has 1 aliphatic carbocycles. The first-order valence-corrected chi connectivity index (χ1v) is 14.2. The smallest absolute Gasteiger partial charge is 0.235 e. The topological polar surface area (TPSA) is 95.4 Å². The fourth-order valence-electron chi connectivity index (χ4n) is 4.49. The van der Waals surface area contributed by atoms with Gasteiger partial charge in [-0.3, -0.25) is 4.72 Å². The number of sulfonamides is 1. The summed E-state index contributed by atoms with van der Waals surface area (Å²) in [7, 11) is -1.28. The van der Waals surface area contributed by atoms with Gasteiger partial charge < -0.3 is 19.7 Å². The van der Waals surface area contributed by atoms with Gasteiger partial charge in [-0.1, -0.05) is 11.6 Å². The first-order chi connectivity index (χ1) is 17.9. The zero-order valence-electron chi connectivity index (χ0n) is 20.4. The van der Waals surface area contributed by atoms with Gasteiger partial charge in [0.15, 0.2) is 0 Å². The lowest BCUT2D eigenvalue weighted by Crippen LogP contribution is -2.44. The van der Waals surface area contributed by atoms with Crippen LogP contribution in [-0.4, -0.2) is 66.3 Å². The summed E-state index contributed by atoms with van der Waals surface area (Å²) in [4.78, 5) is 14.0. The molecule has 2 fully saturated rings. The Kier molecular flexibility index (Phi) is 6.18. The Balaban J connectivity index is 1.23. The molecular formula is C26H28ClN7O2S. The third-order valence-electron chi connectivity index (χ3n) is 6.86. The summed E-state index contributed by atoms with van der Waals surface area (Å²) >= 11 is 6.31. The van der Waals surface area contributed by atoms with Crippen molar-refractivity contribution in [2.24, 2.45) is 0 Å². The highest BCUT2D eigenvalue weighted by Crippen LogP contribution is 2.33. The van der Waals surface area contributed by atoms with Crippen molar-refractivity contribution >= 4 is 55.7 Å². The Morgan fingerprint density at radius 2 is 1.70 bits per heavy atom. The number of rotatable bonds is 7. The lowest BCUT2D eigenvalue weighted by molar-refractivity contribution is 0.313. The summed E-state index contributed by atoms with van der Waals surface area (Å²) in [6.07, 6.45) is 5.02. The zero-order chi connectivity index (χ0) is 25.6. The van der Waals surface area contributed by atoms with Gasteiger partial charge in [0, 0.05) is 61.0 Å². The number of piperazine rings is 1. The molecule has 0 bridgehead atoms. The number of benzene rings is 2. The van der Waals surface area contributed by atoms with E-state index in [0.29, 0.717) is 35.1 Å². The summed E-state index contributed by atoms with van der Waals surface area (Å²) in [5.74, 6) is 0.475. The Hall–Kier alpha value is -3.34. The van der Waals surface area contributed by atoms with Crippen LogP contribution < -0.4 is 14.9 Å². The van der Waals surface area contributed by atoms with Gasteiger partial charge in [0.1, 0.15) is 5.65 Å². The molecule has 1 aliphatic heterocycles. The van der Waals surface area contributed by atoms with E-state index in [1.807, 2.05) is 35.0 Å². The van der Waals surface area contributed by atoms with Crippen molar-refractivity contribution in [2.75, 3.05) is 48.2 Å². The molecule has 0 spiro atoms. The average molecular weight is 538 g/mol. The molecule has 2 N–H and O–H groups in total. The number of fused-ring (bicyclic) bond motifs is 1. The Labute approximate surface area is 221 Å². The van der Waals surface area contributed by atoms with Crippen molar-refractivity contribution in [3.05, 3.63) is 65.9 Å². The molecule has 0 atom stereocenters. The predicted molar refractivity (Wildman–Crippen MR) is 149 cm³/mol. The van der Waals surface area contributed by atoms with Gasteiger partial charge in [-0.2, -0.15) is 4.98 Å². The zero-order valence-corrected chi connectivity index (χ0v) is 22.0. The number of likely N-dealkylation sites (N-methyl/N-ethyl adjacent to an activating group) is 1. The van der Waals surface area contributed by atoms with Gasteiger partial charge in [-0.05, 0) is 68.4 Å². The van der Waals surface area contributed by atoms with Crippen LogP contribution in [0.4, 0.5) is 23.0 Å². The van der Waals surface area contributed by atoms with E-state index in [9.17, 15) is 8.42 Å². The van der Waals surface area contributed by atoms with Crippen molar-refractivity contribution in [1.82, 2.24) is 19.4 Å². The summed E-state index contributed by atoms with van der Waals surface area (Å²) in [5, 5.41) is 4.18. The lowest BCUT2D eigenvalue weighted by Gasteiger charge is -2.34. The van der Waals surface area contributed by atoms with E-state index in [-0.39, 0.29) is 5.25 Å². The van der Waals surface area contributed by atoms with Gasteiger partial charge in [-0.15, -0.1) is 0 Å². The molecule has 3 heterocycles. The van der Waals surface area contributed by atoms with E-state index in [4.69, 9.17) is 16.6 Å². The lowest BCUT2D eigenvalue weighted by atomic mass is 10.2. The molecule has 0 unspecified atom stereocenters. The molecule has 37 heavy (non-hydrogen) atoms. The normalized spacial score (nSPS) is 16.8. The summed E-state index contributed by atoms with van der Waals surface area (Å²) in [5.41, 5.74) is 3.91. The van der Waals surface area contributed by atoms with Gasteiger partial charge in [0.05, 0.1) is 16.0 Å². The molecule has 9 nitrogen and oxygen atoms in total. The van der Waals surface area contributed by atoms with E-state index in [1.165, 1.54) is 5.69 Å². The molecular weight excluding hydrogens is 510 g/mol. The number of hydrogen-bond donors (Lipinski definition) is 2. The van der Waals surface area contributed by atoms with Crippen LogP contribution in [0.15, 0.2) is 60.9 Å². The molecule has 6 rings (SSSR count). The molecule has 1 saturated heterocycles. The minimum absolute atomic E-state index is 0.336. The first-order valence-electron chi connectivity index (χ1n) is 12.3. The molecule has 11 heteroatoms. The monoisotopic (exact) mass is 537 g/mol. The molecule has 2 aromatic carbocycles. The van der Waals surface area contributed by atoms with E-state index >= 15 is 0 Å². The van der Waals surface area contributed by atoms with Crippen LogP contribution in [0.3, 0.4) is 0 Å². The molecule has 2 aromatic heterocycles. The molecule has 0 radical (unpaired) electrons. The molecule has 4 aromatic rings. The second kappa shape index (κ2) is 9.51. The SMILES string of the molecule is CN1CCN(c2ccc(Nc3ncc4ccn(-c5ccc(Cl)c(NS(=O)(=O)C6CC6)c5)c4n3)cc2)CC1. The Morgan fingerprint density at radius 3 is 2.43 bits per heavy atom. The van der Waals surface area contributed by atoms with E-state index in [2.05, 4.69) is 44.0 Å². The van der Waals surface area contributed by atoms with Crippen LogP contribution in [-0.2, 0) is 10.0 Å². The largest absolute Gasteiger partial charge is 0.369 e. The van der Waals surface area contributed by atoms with Gasteiger partial charge >= 0.3 is 0 Å². The van der Waals surface area contributed by atoms with Crippen LogP contribution >= 0.6 is 11.6 Å². The average Bonchev–Trinajstić information content (AvgIpc) is 3.68. The highest BCUT2D eigenvalue weighted by Gasteiger charge is 2.36. The van der Waals surface area contributed by atoms with Crippen molar-refractivity contribution in [3.8, 4) is 5.69 Å². The second-order valence-corrected chi connectivity index (χ2v) is 12.0. The highest BCUT2D eigenvalue weighted by atomic mass is 35.5. The fourth-order valence-corrected chi connectivity index (χ4v) is 6.11. The van der Waals surface area contributed by atoms with Gasteiger partial charge in [0.2, 0.25) is 16.0 Å². The van der Waals surface area contributed by atoms with Crippen LogP contribution in [0.2, 0.25) is 5.02 Å². The number of nitrogens with one attached hydrogen (secondary N) is 2. The number of halogens is 1. The molecule has 192 valence electrons. The fraction of sp³-hybridized carbons (Fsp3) is 0.308. The van der Waals surface area contributed by atoms with Crippen LogP contribution in [0.5, 0.6) is 0 Å². The standard InChI is InChI=1S/C26H28ClN7O2S/c1-32-12-14-33(15-13-32)20-4-2-19(3-5-20)29-26-28-17-18-10-11-34(25(18)30-26)21-6-9-23(27)24(16-21)31-37(35,36)22-7-8-22/h2-6,9-11,16-17,22,31H,7-8,12-15H2,1H3,(H,28,29,30). The minimum atomic E-state index is -3.43. The van der Waals surface area contributed by atoms with Crippen molar-refractivity contribution in [2.45, 2.75) is 18.1 Å². The van der Waals surface area contributed by atoms with E-state index < -0.39 is 10.0 Å². The van der Waals surface area contributed by atoms with Gasteiger partial charge in [-0.25, -0.2) is 13.4 Å². The Bertz CT molecular complexity index is 1540. The quantitative estimate of drug-likeness (QED) is 0.359. The first kappa shape index (κ1) is 24.0. The third kappa shape index (κ3) is 5.09. The van der Waals surface area contributed by atoms with Crippen LogP contribution in [0.25, 0.3) is 16.7 Å². The Morgan fingerprint density at radius 1 is 0.973 bits per heavy atom. The molecule has 1 saturated carbocycles. The maximum absolute atomic E-state index is 12.5. The number of nitrogens with zero attached hydrogens (tertiary/aromatic N) is 5. The summed E-state index contributed by atoms with van der Waals surface area (Å²) in [6.45, 7) is 4.17. The van der Waals surface area contributed by atoms with Gasteiger partial charge in [0.25, 0.3) is 0 Å². The molecule has 2 aliphatic rings. The van der Waals surface area contributed by atoms with Crippen molar-refractivity contribution in [3.63, 3.8) is 0 Å². The maximum Gasteiger partial charge on any atom is 0.235 e. The van der Waals surface area contributed by atoms with Crippen LogP contribution in [0.1, 0.15) is 12.8 Å².